The summed E-state index contributed by atoms with van der Waals surface area (Å²) in [6, 6.07) is 11.4. The minimum atomic E-state index is -0.785. The molecule has 2 N–H and O–H groups in total. The number of rotatable bonds is 3. The minimum absolute atomic E-state index is 0.139. The van der Waals surface area contributed by atoms with Gasteiger partial charge in [0, 0.05) is 13.6 Å². The highest BCUT2D eigenvalue weighted by Gasteiger charge is 2.20. The van der Waals surface area contributed by atoms with Crippen LogP contribution in [0.3, 0.4) is 0 Å². The molecule has 3 aromatic rings. The SMILES string of the molecule is CN(Cc1ccc(O)cc1)C(=O)C(=O)Nc1cccc2nonc12. The smallest absolute Gasteiger partial charge is 0.313 e. The molecule has 24 heavy (non-hydrogen) atoms. The number of likely N-dealkylation sites (N-methyl/N-ethyl adjacent to an activating group) is 1. The number of nitrogens with one attached hydrogen (secondary N) is 1. The molecule has 8 nitrogen and oxygen atoms in total. The van der Waals surface area contributed by atoms with Crippen LogP contribution in [0.15, 0.2) is 47.1 Å². The molecule has 0 aliphatic heterocycles. The second-order valence-corrected chi connectivity index (χ2v) is 5.22. The maximum absolute atomic E-state index is 12.2. The molecular weight excluding hydrogens is 312 g/mol. The summed E-state index contributed by atoms with van der Waals surface area (Å²) < 4.78 is 4.62. The zero-order valence-corrected chi connectivity index (χ0v) is 12.8. The second-order valence-electron chi connectivity index (χ2n) is 5.22. The number of aromatic hydroxyl groups is 1. The van der Waals surface area contributed by atoms with E-state index in [-0.39, 0.29) is 12.3 Å². The van der Waals surface area contributed by atoms with Crippen LogP contribution in [0.2, 0.25) is 0 Å². The lowest BCUT2D eigenvalue weighted by molar-refractivity contribution is -0.142. The number of hydrogen-bond acceptors (Lipinski definition) is 6. The molecule has 0 bridgehead atoms. The first-order chi connectivity index (χ1) is 11.5. The third-order valence-corrected chi connectivity index (χ3v) is 3.43. The van der Waals surface area contributed by atoms with Crippen molar-refractivity contribution in [1.82, 2.24) is 15.2 Å². The number of carbonyl (C=O) groups is 2. The lowest BCUT2D eigenvalue weighted by Gasteiger charge is -2.16. The number of anilines is 1. The number of phenolic OH excluding ortho intramolecular Hbond substituents is 1. The van der Waals surface area contributed by atoms with E-state index < -0.39 is 11.8 Å². The fourth-order valence-corrected chi connectivity index (χ4v) is 2.20. The normalized spacial score (nSPS) is 10.5. The third-order valence-electron chi connectivity index (χ3n) is 3.43. The van der Waals surface area contributed by atoms with Crippen molar-refractivity contribution in [2.75, 3.05) is 12.4 Å². The first-order valence-corrected chi connectivity index (χ1v) is 7.10. The molecule has 0 aliphatic rings. The average Bonchev–Trinajstić information content (AvgIpc) is 3.06. The van der Waals surface area contributed by atoms with Gasteiger partial charge in [-0.3, -0.25) is 9.59 Å². The van der Waals surface area contributed by atoms with Gasteiger partial charge in [-0.15, -0.1) is 0 Å². The Hall–Kier alpha value is -3.42. The predicted molar refractivity (Wildman–Crippen MR) is 85.0 cm³/mol. The molecule has 0 atom stereocenters. The molecule has 1 heterocycles. The number of fused-ring (bicyclic) bond motifs is 1. The molecule has 2 amide bonds. The standard InChI is InChI=1S/C16H14N4O4/c1-20(9-10-5-7-11(21)8-6-10)16(23)15(22)17-12-3-2-4-13-14(12)19-24-18-13/h2-8,21H,9H2,1H3,(H,17,22). The van der Waals surface area contributed by atoms with Crippen molar-refractivity contribution >= 4 is 28.5 Å². The summed E-state index contributed by atoms with van der Waals surface area (Å²) in [6.07, 6.45) is 0. The highest BCUT2D eigenvalue weighted by molar-refractivity contribution is 6.40. The molecule has 0 saturated carbocycles. The topological polar surface area (TPSA) is 109 Å². The number of phenols is 1. The number of amides is 2. The van der Waals surface area contributed by atoms with Crippen LogP contribution >= 0.6 is 0 Å². The first kappa shape index (κ1) is 15.5. The molecule has 2 aromatic carbocycles. The molecular formula is C16H14N4O4. The van der Waals surface area contributed by atoms with Gasteiger partial charge in [-0.05, 0) is 40.1 Å². The lowest BCUT2D eigenvalue weighted by Crippen LogP contribution is -2.36. The Balaban J connectivity index is 1.69. The summed E-state index contributed by atoms with van der Waals surface area (Å²) in [5.74, 6) is -1.34. The molecule has 0 aliphatic carbocycles. The minimum Gasteiger partial charge on any atom is -0.508 e. The third kappa shape index (κ3) is 3.17. The van der Waals surface area contributed by atoms with Gasteiger partial charge < -0.3 is 15.3 Å². The van der Waals surface area contributed by atoms with Crippen LogP contribution in [0.25, 0.3) is 11.0 Å². The Bertz CT molecular complexity index is 888. The fourth-order valence-electron chi connectivity index (χ4n) is 2.20. The molecule has 8 heteroatoms. The Morgan fingerprint density at radius 2 is 1.92 bits per heavy atom. The lowest BCUT2D eigenvalue weighted by atomic mass is 10.2. The second kappa shape index (κ2) is 6.37. The summed E-state index contributed by atoms with van der Waals surface area (Å²) in [7, 11) is 1.52. The van der Waals surface area contributed by atoms with Crippen LogP contribution in [-0.4, -0.2) is 39.2 Å². The monoisotopic (exact) mass is 326 g/mol. The van der Waals surface area contributed by atoms with Gasteiger partial charge in [0.25, 0.3) is 0 Å². The Labute approximate surface area is 136 Å². The summed E-state index contributed by atoms with van der Waals surface area (Å²) in [5.41, 5.74) is 2.00. The number of benzene rings is 2. The van der Waals surface area contributed by atoms with Crippen molar-refractivity contribution in [3.05, 3.63) is 48.0 Å². The maximum atomic E-state index is 12.2. The maximum Gasteiger partial charge on any atom is 0.313 e. The molecule has 0 spiro atoms. The van der Waals surface area contributed by atoms with Crippen molar-refractivity contribution in [3.63, 3.8) is 0 Å². The van der Waals surface area contributed by atoms with Gasteiger partial charge in [0.05, 0.1) is 5.69 Å². The van der Waals surface area contributed by atoms with Gasteiger partial charge in [-0.2, -0.15) is 0 Å². The van der Waals surface area contributed by atoms with Gasteiger partial charge >= 0.3 is 11.8 Å². The molecule has 0 unspecified atom stereocenters. The highest BCUT2D eigenvalue weighted by atomic mass is 16.6. The van der Waals surface area contributed by atoms with Crippen molar-refractivity contribution in [1.29, 1.82) is 0 Å². The van der Waals surface area contributed by atoms with E-state index in [0.29, 0.717) is 16.7 Å². The van der Waals surface area contributed by atoms with E-state index >= 15 is 0 Å². The largest absolute Gasteiger partial charge is 0.508 e. The Kier molecular flexibility index (Phi) is 4.11. The van der Waals surface area contributed by atoms with E-state index in [2.05, 4.69) is 20.3 Å². The van der Waals surface area contributed by atoms with E-state index in [0.717, 1.165) is 5.56 Å². The summed E-state index contributed by atoms with van der Waals surface area (Å²) >= 11 is 0. The molecule has 1 aromatic heterocycles. The number of carbonyl (C=O) groups excluding carboxylic acids is 2. The van der Waals surface area contributed by atoms with Crippen LogP contribution in [0, 0.1) is 0 Å². The van der Waals surface area contributed by atoms with Crippen molar-refractivity contribution < 1.29 is 19.3 Å². The highest BCUT2D eigenvalue weighted by Crippen LogP contribution is 2.19. The van der Waals surface area contributed by atoms with Crippen molar-refractivity contribution in [2.24, 2.45) is 0 Å². The predicted octanol–water partition coefficient (Wildman–Crippen LogP) is 1.53. The number of nitrogens with zero attached hydrogens (tertiary/aromatic N) is 3. The summed E-state index contributed by atoms with van der Waals surface area (Å²) in [6.45, 7) is 0.238. The van der Waals surface area contributed by atoms with Gasteiger partial charge in [0.15, 0.2) is 5.52 Å². The van der Waals surface area contributed by atoms with E-state index in [1.165, 1.54) is 24.1 Å². The van der Waals surface area contributed by atoms with Crippen LogP contribution < -0.4 is 5.32 Å². The van der Waals surface area contributed by atoms with E-state index in [9.17, 15) is 14.7 Å². The molecule has 0 saturated heterocycles. The van der Waals surface area contributed by atoms with Gasteiger partial charge in [-0.1, -0.05) is 18.2 Å². The number of aromatic nitrogens is 2. The first-order valence-electron chi connectivity index (χ1n) is 7.10. The fraction of sp³-hybridized carbons (Fsp3) is 0.125. The van der Waals surface area contributed by atoms with Crippen molar-refractivity contribution in [2.45, 2.75) is 6.54 Å². The molecule has 3 rings (SSSR count). The quantitative estimate of drug-likeness (QED) is 0.707. The molecule has 122 valence electrons. The van der Waals surface area contributed by atoms with Gasteiger partial charge in [0.1, 0.15) is 11.3 Å². The average molecular weight is 326 g/mol. The van der Waals surface area contributed by atoms with E-state index in [1.807, 2.05) is 0 Å². The summed E-state index contributed by atoms with van der Waals surface area (Å²) in [5, 5.41) is 19.2. The van der Waals surface area contributed by atoms with Crippen LogP contribution in [-0.2, 0) is 16.1 Å². The van der Waals surface area contributed by atoms with Gasteiger partial charge in [0.2, 0.25) is 0 Å². The Morgan fingerprint density at radius 3 is 2.67 bits per heavy atom. The zero-order chi connectivity index (χ0) is 17.1. The van der Waals surface area contributed by atoms with Crippen LogP contribution in [0.1, 0.15) is 5.56 Å². The van der Waals surface area contributed by atoms with E-state index in [1.54, 1.807) is 30.3 Å². The van der Waals surface area contributed by atoms with Crippen molar-refractivity contribution in [3.8, 4) is 5.75 Å². The molecule has 0 radical (unpaired) electrons. The van der Waals surface area contributed by atoms with E-state index in [4.69, 9.17) is 0 Å². The molecule has 0 fully saturated rings. The number of hydrogen-bond donors (Lipinski definition) is 2. The van der Waals surface area contributed by atoms with Gasteiger partial charge in [-0.25, -0.2) is 4.63 Å². The Morgan fingerprint density at radius 1 is 1.17 bits per heavy atom. The summed E-state index contributed by atoms with van der Waals surface area (Å²) in [4.78, 5) is 25.6. The van der Waals surface area contributed by atoms with Crippen LogP contribution in [0.5, 0.6) is 5.75 Å². The zero-order valence-electron chi connectivity index (χ0n) is 12.8. The van der Waals surface area contributed by atoms with Crippen LogP contribution in [0.4, 0.5) is 5.69 Å².